The van der Waals surface area contributed by atoms with Gasteiger partial charge in [0.25, 0.3) is 0 Å². The molecule has 2 aromatic carbocycles. The van der Waals surface area contributed by atoms with Crippen molar-refractivity contribution in [3.63, 3.8) is 0 Å². The molecule has 1 heterocycles. The summed E-state index contributed by atoms with van der Waals surface area (Å²) in [4.78, 5) is 20.1. The molecule has 0 N–H and O–H groups in total. The number of benzene rings is 2. The van der Waals surface area contributed by atoms with E-state index < -0.39 is 10.0 Å². The highest BCUT2D eigenvalue weighted by Gasteiger charge is 2.34. The van der Waals surface area contributed by atoms with E-state index in [1.54, 1.807) is 33.1 Å². The van der Waals surface area contributed by atoms with Gasteiger partial charge in [-0.15, -0.1) is 0 Å². The molecule has 10 heteroatoms. The summed E-state index contributed by atoms with van der Waals surface area (Å²) in [5, 5.41) is 0. The highest BCUT2D eigenvalue weighted by Crippen LogP contribution is 2.29. The van der Waals surface area contributed by atoms with Crippen molar-refractivity contribution in [1.82, 2.24) is 19.0 Å². The molecule has 2 aromatic rings. The minimum absolute atomic E-state index is 0.0513. The van der Waals surface area contributed by atoms with Gasteiger partial charge in [-0.2, -0.15) is 4.31 Å². The summed E-state index contributed by atoms with van der Waals surface area (Å²) < 4.78 is 38.6. The fourth-order valence-electron chi connectivity index (χ4n) is 6.12. The molecule has 2 unspecified atom stereocenters. The van der Waals surface area contributed by atoms with E-state index in [-0.39, 0.29) is 36.6 Å². The van der Waals surface area contributed by atoms with Crippen LogP contribution in [-0.2, 0) is 26.1 Å². The van der Waals surface area contributed by atoms with Crippen LogP contribution in [0.15, 0.2) is 47.4 Å². The first-order valence-electron chi connectivity index (χ1n) is 14.6. The van der Waals surface area contributed by atoms with Gasteiger partial charge in [0.2, 0.25) is 15.9 Å². The molecule has 0 radical (unpaired) electrons. The number of hydrogen-bond acceptors (Lipinski definition) is 7. The molecule has 1 saturated carbocycles. The molecule has 1 aliphatic carbocycles. The second-order valence-corrected chi connectivity index (χ2v) is 13.4. The Kier molecular flexibility index (Phi) is 10.8. The molecule has 1 saturated heterocycles. The number of nitrogens with zero attached hydrogens (tertiary/aromatic N) is 4. The summed E-state index contributed by atoms with van der Waals surface area (Å²) in [6, 6.07) is 14.8. The van der Waals surface area contributed by atoms with Gasteiger partial charge in [0.05, 0.1) is 18.6 Å². The van der Waals surface area contributed by atoms with Gasteiger partial charge in [0.15, 0.2) is 0 Å². The highest BCUT2D eigenvalue weighted by molar-refractivity contribution is 7.89. The van der Waals surface area contributed by atoms with E-state index in [0.29, 0.717) is 22.9 Å². The molecular weight excluding hydrogens is 540 g/mol. The lowest BCUT2D eigenvalue weighted by molar-refractivity contribution is -0.136. The van der Waals surface area contributed by atoms with Gasteiger partial charge in [-0.3, -0.25) is 14.6 Å². The van der Waals surface area contributed by atoms with E-state index in [9.17, 15) is 13.2 Å². The Labute approximate surface area is 246 Å². The van der Waals surface area contributed by atoms with Crippen LogP contribution in [0, 0.1) is 13.8 Å². The first kappa shape index (κ1) is 31.4. The van der Waals surface area contributed by atoms with Crippen LogP contribution in [0.25, 0.3) is 0 Å². The van der Waals surface area contributed by atoms with Gasteiger partial charge in [0, 0.05) is 65.4 Å². The van der Waals surface area contributed by atoms with E-state index in [1.807, 2.05) is 11.9 Å². The topological polar surface area (TPSA) is 82.6 Å². The Morgan fingerprint density at radius 3 is 2.29 bits per heavy atom. The van der Waals surface area contributed by atoms with E-state index in [0.717, 1.165) is 52.0 Å². The van der Waals surface area contributed by atoms with Gasteiger partial charge < -0.3 is 14.4 Å². The van der Waals surface area contributed by atoms with Crippen molar-refractivity contribution in [2.24, 2.45) is 0 Å². The molecule has 2 fully saturated rings. The molecule has 9 nitrogen and oxygen atoms in total. The minimum Gasteiger partial charge on any atom is -0.497 e. The molecular formula is C31H46N4O5S. The van der Waals surface area contributed by atoms with E-state index in [4.69, 9.17) is 9.47 Å². The molecule has 226 valence electrons. The van der Waals surface area contributed by atoms with Crippen LogP contribution < -0.4 is 4.74 Å². The number of amides is 1. The van der Waals surface area contributed by atoms with Crippen molar-refractivity contribution >= 4 is 15.9 Å². The molecule has 41 heavy (non-hydrogen) atoms. The van der Waals surface area contributed by atoms with Gasteiger partial charge in [0.1, 0.15) is 12.4 Å². The Bertz CT molecular complexity index is 1240. The van der Waals surface area contributed by atoms with Crippen molar-refractivity contribution < 1.29 is 22.7 Å². The van der Waals surface area contributed by atoms with Crippen LogP contribution in [0.1, 0.15) is 36.0 Å². The number of hydrogen-bond donors (Lipinski definition) is 0. The average Bonchev–Trinajstić information content (AvgIpc) is 3.45. The summed E-state index contributed by atoms with van der Waals surface area (Å²) in [5.74, 6) is 0.568. The smallest absolute Gasteiger partial charge is 0.248 e. The van der Waals surface area contributed by atoms with Crippen LogP contribution in [-0.4, -0.2) is 113 Å². The summed E-state index contributed by atoms with van der Waals surface area (Å²) in [7, 11) is 1.26. The monoisotopic (exact) mass is 586 g/mol. The summed E-state index contributed by atoms with van der Waals surface area (Å²) in [6.45, 7) is 9.05. The average molecular weight is 587 g/mol. The number of methoxy groups -OCH3 is 1. The van der Waals surface area contributed by atoms with Gasteiger partial charge >= 0.3 is 0 Å². The molecule has 4 rings (SSSR count). The van der Waals surface area contributed by atoms with Crippen LogP contribution in [0.3, 0.4) is 0 Å². The number of piperazine rings is 1. The number of aryl methyl sites for hydroxylation is 2. The molecule has 2 aliphatic rings. The lowest BCUT2D eigenvalue weighted by Gasteiger charge is -2.38. The predicted molar refractivity (Wildman–Crippen MR) is 161 cm³/mol. The predicted octanol–water partition coefficient (Wildman–Crippen LogP) is 3.15. The third-order valence-corrected chi connectivity index (χ3v) is 10.8. The van der Waals surface area contributed by atoms with Crippen LogP contribution in [0.4, 0.5) is 0 Å². The fourth-order valence-corrected chi connectivity index (χ4v) is 7.67. The van der Waals surface area contributed by atoms with Crippen LogP contribution in [0.5, 0.6) is 5.75 Å². The standard InChI is InChI=1S/C31H46N4O5S/c1-24-19-29(39-5)20-25(2)31(24)41(37,38)32(3)17-18-40-23-30(36)33(4)27-11-12-28(21-27)35-15-13-34(14-16-35)22-26-9-7-6-8-10-26/h6-10,19-20,27-28H,11-18,21-23H2,1-5H3. The number of ether oxygens (including phenoxy) is 2. The summed E-state index contributed by atoms with van der Waals surface area (Å²) >= 11 is 0. The molecule has 1 aliphatic heterocycles. The SMILES string of the molecule is COc1cc(C)c(S(=O)(=O)N(C)CCOCC(=O)N(C)C2CCC(N3CCN(Cc4ccccc4)CC3)C2)c(C)c1. The number of carbonyl (C=O) groups is 1. The maximum absolute atomic E-state index is 13.2. The Balaban J connectivity index is 1.17. The molecule has 0 bridgehead atoms. The third-order valence-electron chi connectivity index (χ3n) is 8.60. The van der Waals surface area contributed by atoms with E-state index >= 15 is 0 Å². The maximum atomic E-state index is 13.2. The number of carbonyl (C=O) groups excluding carboxylic acids is 1. The lowest BCUT2D eigenvalue weighted by atomic mass is 10.1. The van der Waals surface area contributed by atoms with Crippen molar-refractivity contribution in [3.8, 4) is 5.75 Å². The Hall–Kier alpha value is -2.50. The van der Waals surface area contributed by atoms with Gasteiger partial charge in [-0.1, -0.05) is 30.3 Å². The first-order chi connectivity index (χ1) is 19.6. The molecule has 0 spiro atoms. The molecule has 0 aromatic heterocycles. The van der Waals surface area contributed by atoms with Crippen molar-refractivity contribution in [2.75, 3.05) is 67.1 Å². The van der Waals surface area contributed by atoms with Gasteiger partial charge in [-0.25, -0.2) is 8.42 Å². The number of sulfonamides is 1. The normalized spacial score (nSPS) is 20.4. The van der Waals surface area contributed by atoms with Crippen LogP contribution in [0.2, 0.25) is 0 Å². The highest BCUT2D eigenvalue weighted by atomic mass is 32.2. The third kappa shape index (κ3) is 7.87. The van der Waals surface area contributed by atoms with Crippen molar-refractivity contribution in [1.29, 1.82) is 0 Å². The first-order valence-corrected chi connectivity index (χ1v) is 16.0. The quantitative estimate of drug-likeness (QED) is 0.354. The fraction of sp³-hybridized carbons (Fsp3) is 0.581. The number of likely N-dealkylation sites (N-methyl/N-ethyl adjacent to an activating group) is 2. The minimum atomic E-state index is -3.70. The molecule has 2 atom stereocenters. The largest absolute Gasteiger partial charge is 0.497 e. The van der Waals surface area contributed by atoms with E-state index in [2.05, 4.69) is 40.1 Å². The zero-order valence-electron chi connectivity index (χ0n) is 25.2. The van der Waals surface area contributed by atoms with Crippen molar-refractivity contribution in [3.05, 3.63) is 59.2 Å². The van der Waals surface area contributed by atoms with Crippen molar-refractivity contribution in [2.45, 2.75) is 56.6 Å². The van der Waals surface area contributed by atoms with Crippen LogP contribution >= 0.6 is 0 Å². The van der Waals surface area contributed by atoms with E-state index in [1.165, 1.54) is 16.9 Å². The summed E-state index contributed by atoms with van der Waals surface area (Å²) in [6.07, 6.45) is 3.09. The lowest BCUT2D eigenvalue weighted by Crippen LogP contribution is -2.49. The molecule has 1 amide bonds. The Morgan fingerprint density at radius 2 is 1.66 bits per heavy atom. The zero-order valence-corrected chi connectivity index (χ0v) is 26.0. The zero-order chi connectivity index (χ0) is 29.6. The second-order valence-electron chi connectivity index (χ2n) is 11.4. The summed E-state index contributed by atoms with van der Waals surface area (Å²) in [5.41, 5.74) is 2.63. The number of rotatable bonds is 12. The van der Waals surface area contributed by atoms with Gasteiger partial charge in [-0.05, 0) is 61.9 Å². The maximum Gasteiger partial charge on any atom is 0.248 e. The second kappa shape index (κ2) is 14.1. The Morgan fingerprint density at radius 1 is 1.00 bits per heavy atom.